The van der Waals surface area contributed by atoms with Gasteiger partial charge < -0.3 is 10.6 Å². The molecule has 1 aromatic carbocycles. The molecule has 2 heterocycles. The number of amides is 1. The summed E-state index contributed by atoms with van der Waals surface area (Å²) in [5.41, 5.74) is 2.84. The van der Waals surface area contributed by atoms with Gasteiger partial charge in [-0.2, -0.15) is 0 Å². The summed E-state index contributed by atoms with van der Waals surface area (Å²) in [6, 6.07) is 7.18. The standard InChI is InChI=1S/C20H25N3O3S2/c24-19(21-10-9-14-5-2-1-3-6-14)15-7-4-8-16(11-15)22-20-23-17-12-28(25,26)13-18(17)27-20/h4-5,7-8,11,17-18H,1-3,6,9-10,12-13H2,(H,21,24)(H,22,23). The van der Waals surface area contributed by atoms with Crippen LogP contribution >= 0.6 is 11.8 Å². The first-order valence-corrected chi connectivity index (χ1v) is 12.5. The second-order valence-electron chi connectivity index (χ2n) is 7.55. The maximum Gasteiger partial charge on any atom is 0.251 e. The van der Waals surface area contributed by atoms with Crippen molar-refractivity contribution in [2.75, 3.05) is 23.4 Å². The summed E-state index contributed by atoms with van der Waals surface area (Å²) in [5.74, 6) is 0.244. The van der Waals surface area contributed by atoms with Gasteiger partial charge in [0.2, 0.25) is 0 Å². The largest absolute Gasteiger partial charge is 0.352 e. The number of sulfone groups is 1. The highest BCUT2D eigenvalue weighted by molar-refractivity contribution is 8.15. The zero-order valence-electron chi connectivity index (χ0n) is 15.7. The van der Waals surface area contributed by atoms with Gasteiger partial charge in [0.1, 0.15) is 0 Å². The average molecular weight is 420 g/mol. The molecule has 3 aliphatic rings. The fourth-order valence-corrected chi connectivity index (χ4v) is 7.52. The predicted octanol–water partition coefficient (Wildman–Crippen LogP) is 2.99. The van der Waals surface area contributed by atoms with Crippen LogP contribution in [0, 0.1) is 0 Å². The van der Waals surface area contributed by atoms with Crippen molar-refractivity contribution in [3.63, 3.8) is 0 Å². The first-order chi connectivity index (χ1) is 13.5. The van der Waals surface area contributed by atoms with Gasteiger partial charge in [-0.1, -0.05) is 29.5 Å². The molecule has 1 saturated heterocycles. The van der Waals surface area contributed by atoms with Crippen LogP contribution in [0.3, 0.4) is 0 Å². The number of allylic oxidation sites excluding steroid dienone is 1. The van der Waals surface area contributed by atoms with Gasteiger partial charge in [-0.3, -0.25) is 9.79 Å². The molecule has 0 saturated carbocycles. The van der Waals surface area contributed by atoms with E-state index < -0.39 is 9.84 Å². The van der Waals surface area contributed by atoms with Gasteiger partial charge in [-0.25, -0.2) is 8.42 Å². The number of aliphatic imine (C=N–C) groups is 1. The molecule has 2 N–H and O–H groups in total. The minimum Gasteiger partial charge on any atom is -0.352 e. The van der Waals surface area contributed by atoms with Crippen LogP contribution in [0.15, 0.2) is 40.9 Å². The Kier molecular flexibility index (Phi) is 5.78. The Bertz CT molecular complexity index is 924. The molecule has 2 aliphatic heterocycles. The smallest absolute Gasteiger partial charge is 0.251 e. The third kappa shape index (κ3) is 4.78. The molecule has 0 radical (unpaired) electrons. The number of thioether (sulfide) groups is 1. The number of amidine groups is 1. The van der Waals surface area contributed by atoms with Crippen LogP contribution < -0.4 is 10.6 Å². The third-order valence-electron chi connectivity index (χ3n) is 5.31. The summed E-state index contributed by atoms with van der Waals surface area (Å²) < 4.78 is 23.3. The SMILES string of the molecule is O=C(NCCC1=CCCCC1)c1cccc(NC2=NC3CS(=O)(=O)CC3S2)c1. The number of carbonyl (C=O) groups is 1. The number of hydrogen-bond donors (Lipinski definition) is 2. The van der Waals surface area contributed by atoms with Gasteiger partial charge in [0.15, 0.2) is 15.0 Å². The molecule has 1 aliphatic carbocycles. The normalized spacial score (nSPS) is 25.6. The van der Waals surface area contributed by atoms with Crippen LogP contribution in [0.5, 0.6) is 0 Å². The average Bonchev–Trinajstić information content (AvgIpc) is 3.15. The van der Waals surface area contributed by atoms with Crippen molar-refractivity contribution in [3.05, 3.63) is 41.5 Å². The summed E-state index contributed by atoms with van der Waals surface area (Å²) >= 11 is 1.48. The van der Waals surface area contributed by atoms with Gasteiger partial charge in [-0.15, -0.1) is 0 Å². The number of carbonyl (C=O) groups excluding carboxylic acids is 1. The Hall–Kier alpha value is -1.80. The molecule has 0 bridgehead atoms. The summed E-state index contributed by atoms with van der Waals surface area (Å²) in [6.45, 7) is 0.655. The van der Waals surface area contributed by atoms with Crippen LogP contribution in [-0.2, 0) is 9.84 Å². The molecule has 1 aromatic rings. The highest BCUT2D eigenvalue weighted by atomic mass is 32.2. The zero-order chi connectivity index (χ0) is 19.6. The number of hydrogen-bond acceptors (Lipinski definition) is 6. The molecule has 1 fully saturated rings. The lowest BCUT2D eigenvalue weighted by Crippen LogP contribution is -2.25. The zero-order valence-corrected chi connectivity index (χ0v) is 17.3. The third-order valence-corrected chi connectivity index (χ3v) is 8.45. The van der Waals surface area contributed by atoms with Gasteiger partial charge in [0, 0.05) is 23.0 Å². The molecule has 4 rings (SSSR count). The van der Waals surface area contributed by atoms with E-state index in [4.69, 9.17) is 0 Å². The van der Waals surface area contributed by atoms with Crippen LogP contribution in [-0.4, -0.2) is 48.8 Å². The maximum absolute atomic E-state index is 12.4. The summed E-state index contributed by atoms with van der Waals surface area (Å²) in [4.78, 5) is 16.9. The van der Waals surface area contributed by atoms with Crippen LogP contribution in [0.2, 0.25) is 0 Å². The second-order valence-corrected chi connectivity index (χ2v) is 10.9. The molecular formula is C20H25N3O3S2. The highest BCUT2D eigenvalue weighted by Crippen LogP contribution is 2.34. The molecule has 8 heteroatoms. The van der Waals surface area contributed by atoms with E-state index in [9.17, 15) is 13.2 Å². The van der Waals surface area contributed by atoms with E-state index in [2.05, 4.69) is 21.7 Å². The van der Waals surface area contributed by atoms with E-state index in [0.717, 1.165) is 30.1 Å². The Morgan fingerprint density at radius 2 is 2.14 bits per heavy atom. The molecule has 28 heavy (non-hydrogen) atoms. The Morgan fingerprint density at radius 3 is 2.93 bits per heavy atom. The Balaban J connectivity index is 1.32. The number of nitrogens with one attached hydrogen (secondary N) is 2. The van der Waals surface area contributed by atoms with Gasteiger partial charge in [0.25, 0.3) is 5.91 Å². The molecule has 6 nitrogen and oxygen atoms in total. The molecule has 0 aromatic heterocycles. The number of anilines is 1. The number of fused-ring (bicyclic) bond motifs is 1. The molecule has 150 valence electrons. The van der Waals surface area contributed by atoms with Gasteiger partial charge >= 0.3 is 0 Å². The maximum atomic E-state index is 12.4. The topological polar surface area (TPSA) is 87.6 Å². The first-order valence-electron chi connectivity index (χ1n) is 9.77. The van der Waals surface area contributed by atoms with E-state index in [0.29, 0.717) is 12.1 Å². The minimum atomic E-state index is -2.95. The van der Waals surface area contributed by atoms with Crippen molar-refractivity contribution < 1.29 is 13.2 Å². The molecule has 2 unspecified atom stereocenters. The minimum absolute atomic E-state index is 0.00748. The molecule has 1 amide bonds. The number of benzene rings is 1. The van der Waals surface area contributed by atoms with E-state index in [1.165, 1.54) is 30.2 Å². The summed E-state index contributed by atoms with van der Waals surface area (Å²) in [5, 5.41) is 6.96. The lowest BCUT2D eigenvalue weighted by molar-refractivity contribution is 0.0954. The second kappa shape index (κ2) is 8.29. The number of rotatable bonds is 5. The van der Waals surface area contributed by atoms with Crippen LogP contribution in [0.4, 0.5) is 5.69 Å². The van der Waals surface area contributed by atoms with Crippen molar-refractivity contribution in [1.82, 2.24) is 5.32 Å². The highest BCUT2D eigenvalue weighted by Gasteiger charge is 2.42. The predicted molar refractivity (Wildman–Crippen MR) is 115 cm³/mol. The van der Waals surface area contributed by atoms with Crippen LogP contribution in [0.25, 0.3) is 0 Å². The molecule has 0 spiro atoms. The lowest BCUT2D eigenvalue weighted by Gasteiger charge is -2.13. The van der Waals surface area contributed by atoms with Gasteiger partial charge in [-0.05, 0) is 50.3 Å². The van der Waals surface area contributed by atoms with E-state index in [-0.39, 0.29) is 28.7 Å². The monoisotopic (exact) mass is 419 g/mol. The van der Waals surface area contributed by atoms with Crippen molar-refractivity contribution in [1.29, 1.82) is 0 Å². The molecular weight excluding hydrogens is 394 g/mol. The van der Waals surface area contributed by atoms with Crippen molar-refractivity contribution >= 4 is 38.4 Å². The van der Waals surface area contributed by atoms with Crippen molar-refractivity contribution in [3.8, 4) is 0 Å². The van der Waals surface area contributed by atoms with E-state index >= 15 is 0 Å². The van der Waals surface area contributed by atoms with Crippen LogP contribution in [0.1, 0.15) is 42.5 Å². The van der Waals surface area contributed by atoms with E-state index in [1.807, 2.05) is 18.2 Å². The fourth-order valence-electron chi connectivity index (χ4n) is 3.85. The number of nitrogens with zero attached hydrogens (tertiary/aromatic N) is 1. The Labute approximate surface area is 170 Å². The molecule has 2 atom stereocenters. The fraction of sp³-hybridized carbons (Fsp3) is 0.500. The quantitative estimate of drug-likeness (QED) is 0.717. The van der Waals surface area contributed by atoms with Crippen molar-refractivity contribution in [2.45, 2.75) is 43.4 Å². The summed E-state index contributed by atoms with van der Waals surface area (Å²) in [7, 11) is -2.95. The Morgan fingerprint density at radius 1 is 1.25 bits per heavy atom. The van der Waals surface area contributed by atoms with Gasteiger partial charge in [0.05, 0.1) is 17.5 Å². The lowest BCUT2D eigenvalue weighted by atomic mass is 9.97. The summed E-state index contributed by atoms with van der Waals surface area (Å²) in [6.07, 6.45) is 8.06. The van der Waals surface area contributed by atoms with Crippen molar-refractivity contribution in [2.24, 2.45) is 4.99 Å². The van der Waals surface area contributed by atoms with E-state index in [1.54, 1.807) is 6.07 Å². The first kappa shape index (κ1) is 19.5.